The molecule has 0 radical (unpaired) electrons. The second-order valence-electron chi connectivity index (χ2n) is 7.17. The van der Waals surface area contributed by atoms with E-state index in [1.165, 1.54) is 37.5 Å². The topological polar surface area (TPSA) is 97.4 Å². The van der Waals surface area contributed by atoms with Gasteiger partial charge in [-0.1, -0.05) is 12.1 Å². The van der Waals surface area contributed by atoms with Crippen LogP contribution in [0.2, 0.25) is 0 Å². The predicted molar refractivity (Wildman–Crippen MR) is 116 cm³/mol. The van der Waals surface area contributed by atoms with E-state index in [4.69, 9.17) is 4.74 Å². The van der Waals surface area contributed by atoms with Gasteiger partial charge in [0.1, 0.15) is 0 Å². The number of amides is 2. The number of benzene rings is 2. The number of aromatic nitrogens is 1. The van der Waals surface area contributed by atoms with Crippen molar-refractivity contribution in [2.45, 2.75) is 6.54 Å². The Hall–Kier alpha value is -4.40. The normalized spacial score (nSPS) is 14.0. The largest absolute Gasteiger partial charge is 0.481 e. The van der Waals surface area contributed by atoms with E-state index in [1.54, 1.807) is 18.3 Å². The zero-order chi connectivity index (χ0) is 23.5. The summed E-state index contributed by atoms with van der Waals surface area (Å²) in [6, 6.07) is 10.8. The summed E-state index contributed by atoms with van der Waals surface area (Å²) in [5, 5.41) is 5.31. The fourth-order valence-corrected chi connectivity index (χ4v) is 3.24. The van der Waals surface area contributed by atoms with Crippen LogP contribution in [-0.4, -0.2) is 29.7 Å². The van der Waals surface area contributed by atoms with Gasteiger partial charge < -0.3 is 15.4 Å². The first-order chi connectivity index (χ1) is 15.9. The summed E-state index contributed by atoms with van der Waals surface area (Å²) in [7, 11) is 1.50. The Kier molecular flexibility index (Phi) is 5.95. The van der Waals surface area contributed by atoms with Crippen molar-refractivity contribution in [3.8, 4) is 5.88 Å². The van der Waals surface area contributed by atoms with Crippen LogP contribution in [0.4, 0.5) is 14.5 Å². The summed E-state index contributed by atoms with van der Waals surface area (Å²) in [6.45, 7) is 0.207. The number of Topliss-reactive ketones (excluding diaryl/α,β-unsaturated/α-hetero) is 1. The van der Waals surface area contributed by atoms with Crippen molar-refractivity contribution in [1.82, 2.24) is 10.3 Å². The number of rotatable bonds is 5. The Morgan fingerprint density at radius 3 is 2.61 bits per heavy atom. The lowest BCUT2D eigenvalue weighted by molar-refractivity contribution is -0.112. The number of carbonyl (C=O) groups excluding carboxylic acids is 3. The van der Waals surface area contributed by atoms with Gasteiger partial charge in [0.05, 0.1) is 18.4 Å². The predicted octanol–water partition coefficient (Wildman–Crippen LogP) is 3.52. The molecule has 2 amide bonds. The number of ether oxygens (including phenoxy) is 1. The van der Waals surface area contributed by atoms with Gasteiger partial charge in [-0.2, -0.15) is 0 Å². The monoisotopic (exact) mass is 449 g/mol. The minimum Gasteiger partial charge on any atom is -0.481 e. The number of hydrogen-bond acceptors (Lipinski definition) is 5. The molecule has 33 heavy (non-hydrogen) atoms. The van der Waals surface area contributed by atoms with Gasteiger partial charge in [0.25, 0.3) is 11.8 Å². The Morgan fingerprint density at radius 1 is 1.09 bits per heavy atom. The van der Waals surface area contributed by atoms with E-state index in [0.29, 0.717) is 5.88 Å². The lowest BCUT2D eigenvalue weighted by atomic mass is 9.93. The van der Waals surface area contributed by atoms with Crippen LogP contribution in [0.15, 0.2) is 60.3 Å². The highest BCUT2D eigenvalue weighted by Crippen LogP contribution is 2.28. The first-order valence-electron chi connectivity index (χ1n) is 9.79. The number of ketones is 1. The maximum absolute atomic E-state index is 13.5. The van der Waals surface area contributed by atoms with Crippen molar-refractivity contribution < 1.29 is 27.9 Å². The molecule has 0 fully saturated rings. The van der Waals surface area contributed by atoms with E-state index in [2.05, 4.69) is 15.6 Å². The van der Waals surface area contributed by atoms with Crippen LogP contribution >= 0.6 is 0 Å². The molecule has 0 atom stereocenters. The lowest BCUT2D eigenvalue weighted by Gasteiger charge is -2.19. The van der Waals surface area contributed by atoms with Crippen molar-refractivity contribution in [1.29, 1.82) is 0 Å². The molecule has 0 saturated carbocycles. The van der Waals surface area contributed by atoms with Gasteiger partial charge in [0, 0.05) is 29.9 Å². The maximum atomic E-state index is 13.5. The number of pyridine rings is 1. The summed E-state index contributed by atoms with van der Waals surface area (Å²) in [4.78, 5) is 42.0. The van der Waals surface area contributed by atoms with Crippen LogP contribution in [-0.2, 0) is 11.3 Å². The molecule has 166 valence electrons. The van der Waals surface area contributed by atoms with Crippen molar-refractivity contribution in [2.24, 2.45) is 0 Å². The van der Waals surface area contributed by atoms with Crippen LogP contribution in [0.5, 0.6) is 5.88 Å². The number of nitrogens with zero attached hydrogens (tertiary/aromatic N) is 1. The molecule has 9 heteroatoms. The number of hydrogen-bond donors (Lipinski definition) is 2. The first kappa shape index (κ1) is 21.8. The zero-order valence-electron chi connectivity index (χ0n) is 17.3. The van der Waals surface area contributed by atoms with Crippen molar-refractivity contribution >= 4 is 29.4 Å². The molecule has 0 spiro atoms. The van der Waals surface area contributed by atoms with Crippen LogP contribution < -0.4 is 15.4 Å². The van der Waals surface area contributed by atoms with Crippen LogP contribution in [0, 0.1) is 11.6 Å². The van der Waals surface area contributed by atoms with E-state index >= 15 is 0 Å². The van der Waals surface area contributed by atoms with Crippen molar-refractivity contribution in [2.75, 3.05) is 12.4 Å². The van der Waals surface area contributed by atoms with Crippen molar-refractivity contribution in [3.63, 3.8) is 0 Å². The highest BCUT2D eigenvalue weighted by atomic mass is 19.2. The van der Waals surface area contributed by atoms with E-state index in [1.807, 2.05) is 0 Å². The smallest absolute Gasteiger partial charge is 0.259 e. The van der Waals surface area contributed by atoms with Gasteiger partial charge in [-0.25, -0.2) is 13.8 Å². The Bertz CT molecular complexity index is 1300. The fourth-order valence-electron chi connectivity index (χ4n) is 3.24. The molecule has 7 nitrogen and oxygen atoms in total. The number of halogens is 2. The second kappa shape index (κ2) is 8.99. The second-order valence-corrected chi connectivity index (χ2v) is 7.17. The highest BCUT2D eigenvalue weighted by Gasteiger charge is 2.29. The molecule has 2 aromatic carbocycles. The SMILES string of the molecule is COc1ccc(CNC(=O)c2ccc3c(c2)C(=O)/C(=C/c2ccc(F)c(F)c2)C(=O)N3)cn1. The van der Waals surface area contributed by atoms with E-state index in [0.717, 1.165) is 17.7 Å². The molecule has 3 aromatic rings. The number of anilines is 1. The molecule has 1 aromatic heterocycles. The molecule has 2 heterocycles. The quantitative estimate of drug-likeness (QED) is 0.459. The molecule has 0 bridgehead atoms. The summed E-state index contributed by atoms with van der Waals surface area (Å²) in [6.07, 6.45) is 2.74. The minimum atomic E-state index is -1.10. The number of carbonyl (C=O) groups is 3. The molecule has 2 N–H and O–H groups in total. The molecule has 1 aliphatic heterocycles. The molecule has 0 unspecified atom stereocenters. The summed E-state index contributed by atoms with van der Waals surface area (Å²) < 4.78 is 31.7. The van der Waals surface area contributed by atoms with Crippen LogP contribution in [0.25, 0.3) is 6.08 Å². The van der Waals surface area contributed by atoms with Crippen LogP contribution in [0.1, 0.15) is 31.8 Å². The lowest BCUT2D eigenvalue weighted by Crippen LogP contribution is -2.28. The van der Waals surface area contributed by atoms with Gasteiger partial charge >= 0.3 is 0 Å². The molecular formula is C24H17F2N3O4. The standard InChI is InChI=1S/C24H17F2N3O4/c1-33-21-7-3-14(11-27-21)12-28-23(31)15-4-6-20-16(10-15)22(30)17(24(32)29-20)8-13-2-5-18(25)19(26)9-13/h2-11H,12H2,1H3,(H,28,31)(H,29,32)/b17-8-. The third kappa shape index (κ3) is 4.62. The number of fused-ring (bicyclic) bond motifs is 1. The summed E-state index contributed by atoms with van der Waals surface area (Å²) in [5.41, 5.74) is 1.23. The average Bonchev–Trinajstić information content (AvgIpc) is 2.82. The maximum Gasteiger partial charge on any atom is 0.259 e. The molecule has 0 aliphatic carbocycles. The van der Waals surface area contributed by atoms with Crippen LogP contribution in [0.3, 0.4) is 0 Å². The average molecular weight is 449 g/mol. The zero-order valence-corrected chi connectivity index (χ0v) is 17.3. The molecule has 0 saturated heterocycles. The summed E-state index contributed by atoms with van der Waals surface area (Å²) in [5.74, 6) is -3.42. The van der Waals surface area contributed by atoms with Gasteiger partial charge in [-0.05, 0) is 47.5 Å². The minimum absolute atomic E-state index is 0.113. The highest BCUT2D eigenvalue weighted by molar-refractivity contribution is 6.36. The third-order valence-corrected chi connectivity index (χ3v) is 4.98. The molecule has 4 rings (SSSR count). The summed E-state index contributed by atoms with van der Waals surface area (Å²) >= 11 is 0. The van der Waals surface area contributed by atoms with Gasteiger partial charge in [-0.15, -0.1) is 0 Å². The van der Waals surface area contributed by atoms with E-state index < -0.39 is 29.2 Å². The third-order valence-electron chi connectivity index (χ3n) is 4.98. The van der Waals surface area contributed by atoms with E-state index in [9.17, 15) is 23.2 Å². The van der Waals surface area contributed by atoms with Crippen molar-refractivity contribution in [3.05, 3.63) is 94.2 Å². The number of methoxy groups -OCH3 is 1. The first-order valence-corrected chi connectivity index (χ1v) is 9.79. The van der Waals surface area contributed by atoms with Gasteiger partial charge in [0.15, 0.2) is 11.6 Å². The number of nitrogens with one attached hydrogen (secondary N) is 2. The van der Waals surface area contributed by atoms with E-state index in [-0.39, 0.29) is 34.5 Å². The van der Waals surface area contributed by atoms with Gasteiger partial charge in [0.2, 0.25) is 11.7 Å². The van der Waals surface area contributed by atoms with Gasteiger partial charge in [-0.3, -0.25) is 14.4 Å². The fraction of sp³-hybridized carbons (Fsp3) is 0.0833. The Morgan fingerprint density at radius 2 is 1.91 bits per heavy atom. The Labute approximate surface area is 187 Å². The molecule has 1 aliphatic rings. The Balaban J connectivity index is 1.55. The molecular weight excluding hydrogens is 432 g/mol.